The average Bonchev–Trinajstić information content (AvgIpc) is 3.08. The summed E-state index contributed by atoms with van der Waals surface area (Å²) in [7, 11) is 0. The fraction of sp³-hybridized carbons (Fsp3) is 0.231. The minimum atomic E-state index is -0.721. The molecule has 0 unspecified atom stereocenters. The molecule has 3 aliphatic carbocycles. The lowest BCUT2D eigenvalue weighted by atomic mass is 9.42. The third-order valence-corrected chi connectivity index (χ3v) is 8.51. The highest BCUT2D eigenvalue weighted by atomic mass is 79.9. The van der Waals surface area contributed by atoms with Crippen molar-refractivity contribution in [3.63, 3.8) is 0 Å². The molecule has 4 aliphatic rings. The van der Waals surface area contributed by atoms with Gasteiger partial charge in [0, 0.05) is 21.4 Å². The number of imide groups is 1. The number of rotatable bonds is 2. The predicted molar refractivity (Wildman–Crippen MR) is 126 cm³/mol. The molecule has 7 heteroatoms. The van der Waals surface area contributed by atoms with E-state index in [1.807, 2.05) is 62.4 Å². The van der Waals surface area contributed by atoms with Crippen molar-refractivity contribution in [1.29, 1.82) is 0 Å². The molecule has 2 amide bonds. The first-order valence-electron chi connectivity index (χ1n) is 10.7. The zero-order chi connectivity index (χ0) is 23.3. The standard InChI is InChI=1S/C26H19BrN2O4/c1-25-15-7-3-5-9-17(15)26(2,18-10-6-4-8-16(18)25)22-21(25)23(30)28(24(22)31)19-12-11-14(27)13-20(19)29(32)33/h3-13,21-22H,1-2H3/t21-,22+,25?,26?. The predicted octanol–water partition coefficient (Wildman–Crippen LogP) is 5.10. The normalized spacial score (nSPS) is 29.0. The Morgan fingerprint density at radius 1 is 0.818 bits per heavy atom. The molecule has 6 nitrogen and oxygen atoms in total. The second kappa shape index (κ2) is 6.38. The summed E-state index contributed by atoms with van der Waals surface area (Å²) in [6.07, 6.45) is 0. The monoisotopic (exact) mass is 502 g/mol. The number of nitro benzene ring substituents is 1. The molecule has 0 aromatic heterocycles. The molecule has 0 spiro atoms. The molecule has 0 saturated carbocycles. The molecule has 7 rings (SSSR count). The highest BCUT2D eigenvalue weighted by Gasteiger charge is 2.71. The van der Waals surface area contributed by atoms with Crippen LogP contribution in [-0.2, 0) is 20.4 Å². The molecule has 1 heterocycles. The van der Waals surface area contributed by atoms with Gasteiger partial charge in [-0.15, -0.1) is 0 Å². The van der Waals surface area contributed by atoms with Crippen molar-refractivity contribution in [2.75, 3.05) is 4.90 Å². The Hall–Kier alpha value is -3.32. The van der Waals surface area contributed by atoms with Crippen LogP contribution in [0, 0.1) is 22.0 Å². The van der Waals surface area contributed by atoms with E-state index in [1.165, 1.54) is 12.1 Å². The molecule has 3 aromatic rings. The first-order valence-corrected chi connectivity index (χ1v) is 11.5. The Balaban J connectivity index is 1.65. The average molecular weight is 503 g/mol. The molecule has 1 saturated heterocycles. The number of halogens is 1. The second-order valence-corrected chi connectivity index (χ2v) is 10.3. The van der Waals surface area contributed by atoms with Gasteiger partial charge in [-0.25, -0.2) is 4.90 Å². The molecule has 0 radical (unpaired) electrons. The van der Waals surface area contributed by atoms with Gasteiger partial charge < -0.3 is 0 Å². The number of carbonyl (C=O) groups is 2. The Kier molecular flexibility index (Phi) is 3.93. The summed E-state index contributed by atoms with van der Waals surface area (Å²) < 4.78 is 0.508. The van der Waals surface area contributed by atoms with Crippen LogP contribution in [0.4, 0.5) is 11.4 Å². The highest BCUT2D eigenvalue weighted by Crippen LogP contribution is 2.66. The van der Waals surface area contributed by atoms with Gasteiger partial charge in [0.25, 0.3) is 5.69 Å². The van der Waals surface area contributed by atoms with Gasteiger partial charge in [-0.05, 0) is 34.4 Å². The third kappa shape index (κ3) is 2.23. The number of nitrogens with zero attached hydrogens (tertiary/aromatic N) is 2. The Morgan fingerprint density at radius 2 is 1.24 bits per heavy atom. The van der Waals surface area contributed by atoms with E-state index in [0.717, 1.165) is 27.2 Å². The molecular formula is C26H19BrN2O4. The summed E-state index contributed by atoms with van der Waals surface area (Å²) in [4.78, 5) is 40.4. The number of hydrogen-bond acceptors (Lipinski definition) is 4. The minimum Gasteiger partial charge on any atom is -0.274 e. The van der Waals surface area contributed by atoms with Crippen molar-refractivity contribution in [3.8, 4) is 0 Å². The Bertz CT molecular complexity index is 1290. The molecule has 1 fully saturated rings. The molecule has 33 heavy (non-hydrogen) atoms. The lowest BCUT2D eigenvalue weighted by Gasteiger charge is -2.57. The number of amides is 2. The van der Waals surface area contributed by atoms with Crippen molar-refractivity contribution in [3.05, 3.63) is 104 Å². The fourth-order valence-corrected chi connectivity index (χ4v) is 6.99. The van der Waals surface area contributed by atoms with E-state index >= 15 is 0 Å². The quantitative estimate of drug-likeness (QED) is 0.277. The van der Waals surface area contributed by atoms with Gasteiger partial charge in [0.05, 0.1) is 16.8 Å². The van der Waals surface area contributed by atoms with E-state index in [9.17, 15) is 19.7 Å². The van der Waals surface area contributed by atoms with E-state index in [-0.39, 0.29) is 23.2 Å². The van der Waals surface area contributed by atoms with E-state index in [0.29, 0.717) is 4.47 Å². The molecular weight excluding hydrogens is 484 g/mol. The van der Waals surface area contributed by atoms with E-state index in [4.69, 9.17) is 0 Å². The lowest BCUT2D eigenvalue weighted by Crippen LogP contribution is -2.59. The molecule has 3 aromatic carbocycles. The number of carbonyl (C=O) groups excluding carboxylic acids is 2. The molecule has 2 bridgehead atoms. The first kappa shape index (κ1) is 20.3. The van der Waals surface area contributed by atoms with E-state index < -0.39 is 27.6 Å². The number of nitro groups is 1. The van der Waals surface area contributed by atoms with E-state index in [2.05, 4.69) is 15.9 Å². The van der Waals surface area contributed by atoms with Crippen LogP contribution in [0.15, 0.2) is 71.2 Å². The highest BCUT2D eigenvalue weighted by molar-refractivity contribution is 9.10. The van der Waals surface area contributed by atoms with Crippen LogP contribution >= 0.6 is 15.9 Å². The number of benzene rings is 3. The second-order valence-electron chi connectivity index (χ2n) is 9.35. The van der Waals surface area contributed by atoms with Gasteiger partial charge in [0.2, 0.25) is 11.8 Å². The summed E-state index contributed by atoms with van der Waals surface area (Å²) in [5, 5.41) is 11.8. The van der Waals surface area contributed by atoms with Crippen molar-refractivity contribution in [2.24, 2.45) is 11.8 Å². The summed E-state index contributed by atoms with van der Waals surface area (Å²) in [6, 6.07) is 20.5. The van der Waals surface area contributed by atoms with Crippen LogP contribution in [0.2, 0.25) is 0 Å². The maximum Gasteiger partial charge on any atom is 0.294 e. The van der Waals surface area contributed by atoms with Crippen molar-refractivity contribution in [2.45, 2.75) is 24.7 Å². The minimum absolute atomic E-state index is 0.0207. The maximum atomic E-state index is 14.0. The molecule has 164 valence electrons. The van der Waals surface area contributed by atoms with Gasteiger partial charge in [-0.2, -0.15) is 0 Å². The first-order chi connectivity index (χ1) is 15.7. The largest absolute Gasteiger partial charge is 0.294 e. The number of anilines is 1. The molecule has 1 aliphatic heterocycles. The summed E-state index contributed by atoms with van der Waals surface area (Å²) in [5.74, 6) is -2.06. The van der Waals surface area contributed by atoms with Crippen molar-refractivity contribution >= 4 is 39.1 Å². The van der Waals surface area contributed by atoms with Gasteiger partial charge in [0.15, 0.2) is 0 Å². The Morgan fingerprint density at radius 3 is 1.64 bits per heavy atom. The van der Waals surface area contributed by atoms with Crippen LogP contribution in [0.1, 0.15) is 36.1 Å². The van der Waals surface area contributed by atoms with Crippen LogP contribution in [0.25, 0.3) is 0 Å². The Labute approximate surface area is 198 Å². The maximum absolute atomic E-state index is 14.0. The van der Waals surface area contributed by atoms with Gasteiger partial charge in [-0.3, -0.25) is 19.7 Å². The van der Waals surface area contributed by atoms with Gasteiger partial charge in [-0.1, -0.05) is 78.3 Å². The summed E-state index contributed by atoms with van der Waals surface area (Å²) in [5.41, 5.74) is 2.47. The molecule has 0 N–H and O–H groups in total. The van der Waals surface area contributed by atoms with Crippen molar-refractivity contribution < 1.29 is 14.5 Å². The smallest absolute Gasteiger partial charge is 0.274 e. The van der Waals surface area contributed by atoms with E-state index in [1.54, 1.807) is 6.07 Å². The van der Waals surface area contributed by atoms with Gasteiger partial charge >= 0.3 is 0 Å². The van der Waals surface area contributed by atoms with Crippen LogP contribution in [-0.4, -0.2) is 16.7 Å². The third-order valence-electron chi connectivity index (χ3n) is 8.02. The topological polar surface area (TPSA) is 80.5 Å². The SMILES string of the molecule is CC12c3ccccc3C(C)(c3ccccc31)[C@H]1C(=O)N(c3ccc(Br)cc3[N+](=O)[O-])C(=O)[C@H]12. The summed E-state index contributed by atoms with van der Waals surface area (Å²) in [6.45, 7) is 4.07. The van der Waals surface area contributed by atoms with Crippen LogP contribution in [0.3, 0.4) is 0 Å². The van der Waals surface area contributed by atoms with Crippen molar-refractivity contribution in [1.82, 2.24) is 0 Å². The zero-order valence-corrected chi connectivity index (χ0v) is 19.5. The number of hydrogen-bond donors (Lipinski definition) is 0. The molecule has 2 atom stereocenters. The summed E-state index contributed by atoms with van der Waals surface area (Å²) >= 11 is 3.26. The van der Waals surface area contributed by atoms with Crippen LogP contribution in [0.5, 0.6) is 0 Å². The fourth-order valence-electron chi connectivity index (χ4n) is 6.64. The van der Waals surface area contributed by atoms with Crippen LogP contribution < -0.4 is 4.90 Å². The zero-order valence-electron chi connectivity index (χ0n) is 17.9. The lowest BCUT2D eigenvalue weighted by molar-refractivity contribution is -0.384. The van der Waals surface area contributed by atoms with Gasteiger partial charge in [0.1, 0.15) is 5.69 Å².